The van der Waals surface area contributed by atoms with Gasteiger partial charge in [0, 0.05) is 33.8 Å². The molecular weight excluding hydrogens is 595 g/mol. The van der Waals surface area contributed by atoms with Gasteiger partial charge in [0.05, 0.1) is 25.8 Å². The van der Waals surface area contributed by atoms with Crippen LogP contribution in [0.4, 0.5) is 5.13 Å². The summed E-state index contributed by atoms with van der Waals surface area (Å²) in [5.74, 6) is -0.685. The molecule has 204 valence electrons. The summed E-state index contributed by atoms with van der Waals surface area (Å²) in [4.78, 5) is 32.0. The van der Waals surface area contributed by atoms with Crippen LogP contribution in [0.3, 0.4) is 0 Å². The lowest BCUT2D eigenvalue weighted by molar-refractivity contribution is -0.132. The third-order valence-corrected chi connectivity index (χ3v) is 8.78. The van der Waals surface area contributed by atoms with E-state index in [9.17, 15) is 14.7 Å². The Morgan fingerprint density at radius 3 is 2.48 bits per heavy atom. The molecule has 4 aromatic rings. The zero-order valence-corrected chi connectivity index (χ0v) is 24.1. The minimum absolute atomic E-state index is 0.0965. The monoisotopic (exact) mass is 614 g/mol. The number of hydrogen-bond donors (Lipinski definition) is 1. The lowest BCUT2D eigenvalue weighted by Gasteiger charge is -2.23. The van der Waals surface area contributed by atoms with Gasteiger partial charge in [-0.25, -0.2) is 0 Å². The molecule has 0 radical (unpaired) electrons. The molecule has 1 fully saturated rings. The van der Waals surface area contributed by atoms with Gasteiger partial charge in [-0.1, -0.05) is 58.4 Å². The predicted molar refractivity (Wildman–Crippen MR) is 154 cm³/mol. The van der Waals surface area contributed by atoms with E-state index in [0.717, 1.165) is 16.9 Å². The summed E-state index contributed by atoms with van der Waals surface area (Å²) >= 11 is 14.8. The fourth-order valence-electron chi connectivity index (χ4n) is 4.17. The molecule has 1 atom stereocenters. The number of amides is 1. The molecule has 1 aliphatic rings. The van der Waals surface area contributed by atoms with E-state index < -0.39 is 17.7 Å². The average Bonchev–Trinajstić information content (AvgIpc) is 3.54. The normalized spacial score (nSPS) is 16.4. The summed E-state index contributed by atoms with van der Waals surface area (Å²) in [6, 6.07) is 12.4. The zero-order chi connectivity index (χ0) is 28.4. The van der Waals surface area contributed by atoms with Crippen molar-refractivity contribution >= 4 is 68.9 Å². The van der Waals surface area contributed by atoms with Crippen molar-refractivity contribution in [2.45, 2.75) is 16.1 Å². The van der Waals surface area contributed by atoms with Crippen LogP contribution in [0.1, 0.15) is 22.7 Å². The summed E-state index contributed by atoms with van der Waals surface area (Å²) in [5.41, 5.74) is 1.60. The van der Waals surface area contributed by atoms with E-state index in [1.165, 1.54) is 43.3 Å². The number of nitrogens with zero attached hydrogens (tertiary/aromatic N) is 4. The second-order valence-electron chi connectivity index (χ2n) is 8.39. The molecule has 13 heteroatoms. The van der Waals surface area contributed by atoms with Crippen LogP contribution in [0.25, 0.3) is 5.76 Å². The lowest BCUT2D eigenvalue weighted by Crippen LogP contribution is -2.29. The van der Waals surface area contributed by atoms with Crippen LogP contribution in [0.2, 0.25) is 10.0 Å². The number of rotatable bonds is 8. The van der Waals surface area contributed by atoms with Crippen molar-refractivity contribution in [1.82, 2.24) is 15.2 Å². The predicted octanol–water partition coefficient (Wildman–Crippen LogP) is 6.18. The third-order valence-electron chi connectivity index (χ3n) is 6.09. The summed E-state index contributed by atoms with van der Waals surface area (Å²) in [6.45, 7) is 0. The number of ether oxygens (including phenoxy) is 2. The number of carbonyl (C=O) groups is 2. The fraction of sp³-hybridized carbons (Fsp3) is 0.148. The van der Waals surface area contributed by atoms with Gasteiger partial charge in [0.2, 0.25) is 5.13 Å². The Morgan fingerprint density at radius 1 is 1.02 bits per heavy atom. The first-order valence-corrected chi connectivity index (χ1v) is 14.2. The number of anilines is 1. The van der Waals surface area contributed by atoms with Gasteiger partial charge in [-0.15, -0.1) is 10.2 Å². The van der Waals surface area contributed by atoms with Gasteiger partial charge in [-0.2, -0.15) is 0 Å². The summed E-state index contributed by atoms with van der Waals surface area (Å²) in [7, 11) is 2.99. The van der Waals surface area contributed by atoms with Gasteiger partial charge in [0.15, 0.2) is 15.8 Å². The fourth-order valence-corrected chi connectivity index (χ4v) is 6.60. The Morgan fingerprint density at radius 2 is 1.77 bits per heavy atom. The molecule has 0 saturated carbocycles. The van der Waals surface area contributed by atoms with E-state index in [2.05, 4.69) is 15.2 Å². The van der Waals surface area contributed by atoms with E-state index >= 15 is 0 Å². The van der Waals surface area contributed by atoms with E-state index in [1.807, 2.05) is 6.07 Å². The molecule has 0 bridgehead atoms. The van der Waals surface area contributed by atoms with Crippen LogP contribution in [0.15, 0.2) is 70.8 Å². The number of halogens is 2. The van der Waals surface area contributed by atoms with Crippen molar-refractivity contribution in [2.75, 3.05) is 19.1 Å². The van der Waals surface area contributed by atoms with Crippen LogP contribution in [-0.4, -0.2) is 46.2 Å². The Hall–Kier alpha value is -3.64. The van der Waals surface area contributed by atoms with Crippen molar-refractivity contribution in [1.29, 1.82) is 0 Å². The average molecular weight is 616 g/mol. The first kappa shape index (κ1) is 27.9. The van der Waals surface area contributed by atoms with E-state index in [4.69, 9.17) is 32.7 Å². The van der Waals surface area contributed by atoms with Crippen LogP contribution in [-0.2, 0) is 15.3 Å². The SMILES string of the molecule is COc1ccc(C2/C(=C(\O)c3ccncc3)C(=O)C(=O)N2c2nnc(SCc3ccc(Cl)cc3Cl)s2)cc1OC. The number of methoxy groups -OCH3 is 2. The van der Waals surface area contributed by atoms with Crippen LogP contribution < -0.4 is 14.4 Å². The maximum atomic E-state index is 13.4. The Bertz CT molecular complexity index is 1630. The number of Topliss-reactive ketones (excluding diaryl/α,β-unsaturated/α-hetero) is 1. The van der Waals surface area contributed by atoms with Crippen LogP contribution >= 0.6 is 46.3 Å². The van der Waals surface area contributed by atoms with Crippen molar-refractivity contribution in [3.63, 3.8) is 0 Å². The number of carbonyl (C=O) groups excluding carboxylic acids is 2. The number of ketones is 1. The van der Waals surface area contributed by atoms with E-state index in [1.54, 1.807) is 42.5 Å². The zero-order valence-electron chi connectivity index (χ0n) is 21.0. The quantitative estimate of drug-likeness (QED) is 0.0817. The molecule has 0 aliphatic carbocycles. The highest BCUT2D eigenvalue weighted by atomic mass is 35.5. The summed E-state index contributed by atoms with van der Waals surface area (Å²) in [6.07, 6.45) is 2.97. The molecule has 1 unspecified atom stereocenters. The Kier molecular flexibility index (Phi) is 8.27. The van der Waals surface area contributed by atoms with Gasteiger partial charge >= 0.3 is 5.91 Å². The molecule has 0 spiro atoms. The van der Waals surface area contributed by atoms with Crippen molar-refractivity contribution in [2.24, 2.45) is 0 Å². The molecular formula is C27H20Cl2N4O5S2. The van der Waals surface area contributed by atoms with Gasteiger partial charge in [0.1, 0.15) is 5.76 Å². The van der Waals surface area contributed by atoms with Crippen molar-refractivity contribution in [3.8, 4) is 11.5 Å². The first-order chi connectivity index (χ1) is 19.3. The van der Waals surface area contributed by atoms with Gasteiger partial charge < -0.3 is 14.6 Å². The van der Waals surface area contributed by atoms with Gasteiger partial charge in [-0.3, -0.25) is 19.5 Å². The second kappa shape index (κ2) is 11.8. The Labute approximate surface area is 247 Å². The smallest absolute Gasteiger partial charge is 0.301 e. The minimum atomic E-state index is -1.01. The highest BCUT2D eigenvalue weighted by Gasteiger charge is 2.48. The number of aromatic nitrogens is 3. The molecule has 3 heterocycles. The Balaban J connectivity index is 1.56. The molecule has 5 rings (SSSR count). The number of aliphatic hydroxyl groups is 1. The van der Waals surface area contributed by atoms with Crippen LogP contribution in [0, 0.1) is 0 Å². The van der Waals surface area contributed by atoms with Crippen molar-refractivity contribution in [3.05, 3.63) is 93.2 Å². The van der Waals surface area contributed by atoms with E-state index in [-0.39, 0.29) is 16.5 Å². The molecule has 9 nitrogen and oxygen atoms in total. The second-order valence-corrected chi connectivity index (χ2v) is 11.4. The maximum Gasteiger partial charge on any atom is 0.301 e. The molecule has 1 N–H and O–H groups in total. The van der Waals surface area contributed by atoms with Crippen molar-refractivity contribution < 1.29 is 24.2 Å². The third kappa shape index (κ3) is 5.37. The number of thioether (sulfide) groups is 1. The molecule has 1 aliphatic heterocycles. The van der Waals surface area contributed by atoms with Gasteiger partial charge in [-0.05, 0) is 47.5 Å². The molecule has 2 aromatic heterocycles. The highest BCUT2D eigenvalue weighted by Crippen LogP contribution is 2.45. The molecule has 1 saturated heterocycles. The van der Waals surface area contributed by atoms with E-state index in [0.29, 0.717) is 42.8 Å². The standard InChI is InChI=1S/C27H20Cl2N4O5S2/c1-37-19-6-4-15(11-20(19)38-2)22-21(23(34)14-7-9-30-10-8-14)24(35)25(36)33(22)26-31-32-27(40-26)39-13-16-3-5-17(28)12-18(16)29/h3-12,22,34H,13H2,1-2H3/b23-21+. The summed E-state index contributed by atoms with van der Waals surface area (Å²) in [5, 5.41) is 20.9. The number of benzene rings is 2. The number of hydrogen-bond acceptors (Lipinski definition) is 10. The first-order valence-electron chi connectivity index (χ1n) is 11.7. The molecule has 2 aromatic carbocycles. The summed E-state index contributed by atoms with van der Waals surface area (Å²) < 4.78 is 11.4. The molecule has 1 amide bonds. The minimum Gasteiger partial charge on any atom is -0.507 e. The molecule has 40 heavy (non-hydrogen) atoms. The maximum absolute atomic E-state index is 13.4. The van der Waals surface area contributed by atoms with Gasteiger partial charge in [0.25, 0.3) is 5.78 Å². The van der Waals surface area contributed by atoms with Crippen LogP contribution in [0.5, 0.6) is 11.5 Å². The lowest BCUT2D eigenvalue weighted by atomic mass is 9.95. The number of aliphatic hydroxyl groups excluding tert-OH is 1. The topological polar surface area (TPSA) is 115 Å². The largest absolute Gasteiger partial charge is 0.507 e. The number of pyridine rings is 1. The highest BCUT2D eigenvalue weighted by molar-refractivity contribution is 8.00.